The maximum atomic E-state index is 12.1. The zero-order chi connectivity index (χ0) is 18.2. The summed E-state index contributed by atoms with van der Waals surface area (Å²) in [6.45, 7) is 4.73. The lowest BCUT2D eigenvalue weighted by Crippen LogP contribution is -2.45. The number of nitrogens with zero attached hydrogens (tertiary/aromatic N) is 1. The van der Waals surface area contributed by atoms with Gasteiger partial charge in [-0.3, -0.25) is 5.32 Å². The molecule has 2 N–H and O–H groups in total. The Labute approximate surface area is 151 Å². The smallest absolute Gasteiger partial charge is 0.413 e. The normalized spacial score (nSPS) is 13.2. The highest BCUT2D eigenvalue weighted by molar-refractivity contribution is 7.80. The number of thiocarbonyl (C=S) groups is 1. The van der Waals surface area contributed by atoms with E-state index < -0.39 is 12.1 Å². The first-order valence-electron chi connectivity index (χ1n) is 8.28. The molecule has 0 aliphatic heterocycles. The standard InChI is InChI=1S/C16H23N3O5S/c1-3-22-14(20)13-12(7-8-17-13)19(9-10-24-11-5-6-11)15(25)18-16(21)23-4-2/h7-8,11,17H,3-6,9-10H2,1-2H3,(H,18,21,25). The van der Waals surface area contributed by atoms with Gasteiger partial charge in [-0.25, -0.2) is 9.59 Å². The molecule has 1 fully saturated rings. The Morgan fingerprint density at radius 3 is 2.68 bits per heavy atom. The highest BCUT2D eigenvalue weighted by Crippen LogP contribution is 2.24. The zero-order valence-electron chi connectivity index (χ0n) is 14.4. The van der Waals surface area contributed by atoms with Crippen LogP contribution in [0.3, 0.4) is 0 Å². The molecule has 138 valence electrons. The van der Waals surface area contributed by atoms with Gasteiger partial charge in [0.2, 0.25) is 0 Å². The van der Waals surface area contributed by atoms with E-state index in [9.17, 15) is 9.59 Å². The number of alkyl carbamates (subject to hydrolysis) is 1. The molecule has 8 nitrogen and oxygen atoms in total. The summed E-state index contributed by atoms with van der Waals surface area (Å²) in [5.74, 6) is -0.491. The van der Waals surface area contributed by atoms with E-state index in [0.717, 1.165) is 12.8 Å². The Bertz CT molecular complexity index is 615. The van der Waals surface area contributed by atoms with Crippen molar-refractivity contribution in [3.8, 4) is 0 Å². The van der Waals surface area contributed by atoms with Crippen molar-refractivity contribution in [3.63, 3.8) is 0 Å². The number of aromatic nitrogens is 1. The van der Waals surface area contributed by atoms with Crippen LogP contribution in [0.15, 0.2) is 12.3 Å². The number of nitrogens with one attached hydrogen (secondary N) is 2. The SMILES string of the molecule is CCOC(=O)NC(=S)N(CCOC1CC1)c1cc[nH]c1C(=O)OCC. The lowest BCUT2D eigenvalue weighted by Gasteiger charge is -2.25. The van der Waals surface area contributed by atoms with Gasteiger partial charge in [-0.15, -0.1) is 0 Å². The molecule has 0 bridgehead atoms. The fourth-order valence-corrected chi connectivity index (χ4v) is 2.42. The number of amides is 1. The molecule has 1 aliphatic carbocycles. The number of hydrogen-bond donors (Lipinski definition) is 2. The van der Waals surface area contributed by atoms with E-state index in [2.05, 4.69) is 10.3 Å². The van der Waals surface area contributed by atoms with Crippen molar-refractivity contribution >= 4 is 35.1 Å². The fraction of sp³-hybridized carbons (Fsp3) is 0.562. The first-order chi connectivity index (χ1) is 12.1. The molecule has 2 rings (SSSR count). The zero-order valence-corrected chi connectivity index (χ0v) is 15.2. The number of aromatic amines is 1. The first-order valence-corrected chi connectivity index (χ1v) is 8.69. The first kappa shape index (κ1) is 19.2. The minimum Gasteiger partial charge on any atom is -0.461 e. The molecule has 0 atom stereocenters. The van der Waals surface area contributed by atoms with Crippen LogP contribution in [0.25, 0.3) is 0 Å². The lowest BCUT2D eigenvalue weighted by atomic mass is 10.3. The van der Waals surface area contributed by atoms with Crippen molar-refractivity contribution in [2.75, 3.05) is 31.3 Å². The third-order valence-corrected chi connectivity index (χ3v) is 3.74. The second kappa shape index (κ2) is 9.38. The molecule has 0 radical (unpaired) electrons. The molecule has 9 heteroatoms. The van der Waals surface area contributed by atoms with Crippen LogP contribution in [-0.4, -0.2) is 54.6 Å². The minimum atomic E-state index is -0.645. The van der Waals surface area contributed by atoms with Crippen LogP contribution in [0.2, 0.25) is 0 Å². The van der Waals surface area contributed by atoms with Crippen LogP contribution in [0, 0.1) is 0 Å². The summed E-state index contributed by atoms with van der Waals surface area (Å²) in [6, 6.07) is 1.70. The molecule has 0 saturated heterocycles. The van der Waals surface area contributed by atoms with E-state index in [0.29, 0.717) is 24.9 Å². The number of esters is 1. The number of carbonyl (C=O) groups excluding carboxylic acids is 2. The van der Waals surface area contributed by atoms with Gasteiger partial charge in [0.15, 0.2) is 5.11 Å². The number of H-pyrrole nitrogens is 1. The number of ether oxygens (including phenoxy) is 3. The van der Waals surface area contributed by atoms with E-state index in [-0.39, 0.29) is 24.0 Å². The van der Waals surface area contributed by atoms with Crippen LogP contribution in [0.1, 0.15) is 37.2 Å². The van der Waals surface area contributed by atoms with Gasteiger partial charge in [0.25, 0.3) is 0 Å². The van der Waals surface area contributed by atoms with Gasteiger partial charge in [0, 0.05) is 12.7 Å². The predicted molar refractivity (Wildman–Crippen MR) is 95.8 cm³/mol. The van der Waals surface area contributed by atoms with Crippen LogP contribution >= 0.6 is 12.2 Å². The third-order valence-electron chi connectivity index (χ3n) is 3.42. The van der Waals surface area contributed by atoms with Crippen molar-refractivity contribution in [1.82, 2.24) is 10.3 Å². The van der Waals surface area contributed by atoms with Crippen LogP contribution in [-0.2, 0) is 14.2 Å². The van der Waals surface area contributed by atoms with E-state index in [1.54, 1.807) is 31.0 Å². The Kier molecular flexibility index (Phi) is 7.20. The number of carbonyl (C=O) groups is 2. The molecule has 0 unspecified atom stereocenters. The maximum absolute atomic E-state index is 12.1. The predicted octanol–water partition coefficient (Wildman–Crippen LogP) is 2.21. The summed E-state index contributed by atoms with van der Waals surface area (Å²) in [5, 5.41) is 2.62. The van der Waals surface area contributed by atoms with E-state index in [1.807, 2.05) is 0 Å². The van der Waals surface area contributed by atoms with Crippen molar-refractivity contribution in [1.29, 1.82) is 0 Å². The molecule has 1 aromatic heterocycles. The van der Waals surface area contributed by atoms with Crippen LogP contribution < -0.4 is 10.2 Å². The van der Waals surface area contributed by atoms with E-state index in [1.165, 1.54) is 0 Å². The largest absolute Gasteiger partial charge is 0.461 e. The molecule has 1 heterocycles. The summed E-state index contributed by atoms with van der Waals surface area (Å²) < 4.78 is 15.6. The highest BCUT2D eigenvalue weighted by atomic mass is 32.1. The number of anilines is 1. The van der Waals surface area contributed by atoms with E-state index >= 15 is 0 Å². The summed E-state index contributed by atoms with van der Waals surface area (Å²) in [5.41, 5.74) is 0.779. The topological polar surface area (TPSA) is 92.9 Å². The summed E-state index contributed by atoms with van der Waals surface area (Å²) in [6.07, 6.45) is 3.38. The van der Waals surface area contributed by atoms with Gasteiger partial charge < -0.3 is 24.1 Å². The van der Waals surface area contributed by atoms with Gasteiger partial charge in [0.1, 0.15) is 5.69 Å². The van der Waals surface area contributed by atoms with Gasteiger partial charge in [-0.05, 0) is 45.0 Å². The van der Waals surface area contributed by atoms with Crippen molar-refractivity contribution in [3.05, 3.63) is 18.0 Å². The average Bonchev–Trinajstić information content (AvgIpc) is 3.26. The average molecular weight is 369 g/mol. The molecule has 0 aromatic carbocycles. The summed E-state index contributed by atoms with van der Waals surface area (Å²) >= 11 is 5.31. The quantitative estimate of drug-likeness (QED) is 0.536. The molecule has 1 saturated carbocycles. The lowest BCUT2D eigenvalue weighted by molar-refractivity contribution is 0.0521. The van der Waals surface area contributed by atoms with Gasteiger partial charge in [-0.2, -0.15) is 0 Å². The van der Waals surface area contributed by atoms with Crippen molar-refractivity contribution < 1.29 is 23.8 Å². The molecule has 0 spiro atoms. The Hall–Kier alpha value is -2.13. The minimum absolute atomic E-state index is 0.128. The van der Waals surface area contributed by atoms with Crippen LogP contribution in [0.5, 0.6) is 0 Å². The molecular formula is C16H23N3O5S. The Morgan fingerprint density at radius 1 is 1.32 bits per heavy atom. The van der Waals surface area contributed by atoms with Crippen molar-refractivity contribution in [2.24, 2.45) is 0 Å². The second-order valence-electron chi connectivity index (χ2n) is 5.33. The monoisotopic (exact) mass is 369 g/mol. The van der Waals surface area contributed by atoms with E-state index in [4.69, 9.17) is 26.4 Å². The van der Waals surface area contributed by atoms with Gasteiger partial charge >= 0.3 is 12.1 Å². The van der Waals surface area contributed by atoms with Crippen LogP contribution in [0.4, 0.5) is 10.5 Å². The van der Waals surface area contributed by atoms with Gasteiger partial charge in [0.05, 0.1) is 31.6 Å². The second-order valence-corrected chi connectivity index (χ2v) is 5.72. The summed E-state index contributed by atoms with van der Waals surface area (Å²) in [7, 11) is 0. The number of rotatable bonds is 8. The molecule has 1 aliphatic rings. The maximum Gasteiger partial charge on any atom is 0.413 e. The number of hydrogen-bond acceptors (Lipinski definition) is 6. The molecule has 25 heavy (non-hydrogen) atoms. The fourth-order valence-electron chi connectivity index (χ4n) is 2.15. The molecule has 1 aromatic rings. The Morgan fingerprint density at radius 2 is 2.04 bits per heavy atom. The van der Waals surface area contributed by atoms with Crippen molar-refractivity contribution in [2.45, 2.75) is 32.8 Å². The Balaban J connectivity index is 2.12. The molecule has 1 amide bonds. The van der Waals surface area contributed by atoms with Gasteiger partial charge in [-0.1, -0.05) is 0 Å². The summed E-state index contributed by atoms with van der Waals surface area (Å²) in [4.78, 5) is 28.2. The third kappa shape index (κ3) is 5.71. The molecular weight excluding hydrogens is 346 g/mol. The highest BCUT2D eigenvalue weighted by Gasteiger charge is 2.25.